The van der Waals surface area contributed by atoms with Crippen LogP contribution in [0.3, 0.4) is 0 Å². The van der Waals surface area contributed by atoms with Crippen molar-refractivity contribution < 1.29 is 4.39 Å². The highest BCUT2D eigenvalue weighted by molar-refractivity contribution is 5.43. The molecule has 0 spiro atoms. The van der Waals surface area contributed by atoms with Crippen LogP contribution in [0.5, 0.6) is 0 Å². The van der Waals surface area contributed by atoms with E-state index in [9.17, 15) is 4.39 Å². The molecule has 1 aromatic heterocycles. The van der Waals surface area contributed by atoms with Crippen molar-refractivity contribution in [2.75, 3.05) is 30.4 Å². The zero-order chi connectivity index (χ0) is 12.8. The van der Waals surface area contributed by atoms with Crippen molar-refractivity contribution in [2.45, 2.75) is 27.2 Å². The number of nitrogens with one attached hydrogen (secondary N) is 1. The molecule has 0 aromatic carbocycles. The Kier molecular flexibility index (Phi) is 5.12. The van der Waals surface area contributed by atoms with Gasteiger partial charge < -0.3 is 10.2 Å². The Morgan fingerprint density at radius 1 is 1.47 bits per heavy atom. The standard InChI is InChI=1S/C12H21FN4/c1-5-14-12-15-8-10(13)11(16-12)17(4)7-6-9(2)3/h8-9H,5-7H2,1-4H3,(H,14,15,16). The van der Waals surface area contributed by atoms with Gasteiger partial charge in [-0.1, -0.05) is 13.8 Å². The molecule has 0 aliphatic heterocycles. The summed E-state index contributed by atoms with van der Waals surface area (Å²) < 4.78 is 13.6. The van der Waals surface area contributed by atoms with Crippen LogP contribution in [0.15, 0.2) is 6.20 Å². The zero-order valence-corrected chi connectivity index (χ0v) is 11.0. The van der Waals surface area contributed by atoms with Gasteiger partial charge in [0.15, 0.2) is 11.6 Å². The van der Waals surface area contributed by atoms with E-state index < -0.39 is 0 Å². The number of hydrogen-bond acceptors (Lipinski definition) is 4. The van der Waals surface area contributed by atoms with E-state index in [1.807, 2.05) is 18.9 Å². The van der Waals surface area contributed by atoms with E-state index in [1.54, 1.807) is 0 Å². The minimum Gasteiger partial charge on any atom is -0.357 e. The smallest absolute Gasteiger partial charge is 0.224 e. The molecular weight excluding hydrogens is 219 g/mol. The van der Waals surface area contributed by atoms with E-state index in [-0.39, 0.29) is 5.82 Å². The largest absolute Gasteiger partial charge is 0.357 e. The van der Waals surface area contributed by atoms with Crippen LogP contribution in [0.1, 0.15) is 27.2 Å². The van der Waals surface area contributed by atoms with Gasteiger partial charge in [-0.25, -0.2) is 9.37 Å². The maximum atomic E-state index is 13.6. The second-order valence-corrected chi connectivity index (χ2v) is 4.50. The molecular formula is C12H21FN4. The molecule has 0 saturated heterocycles. The van der Waals surface area contributed by atoms with Crippen LogP contribution in [0, 0.1) is 11.7 Å². The molecule has 0 bridgehead atoms. The first-order chi connectivity index (χ1) is 8.04. The van der Waals surface area contributed by atoms with E-state index in [2.05, 4.69) is 29.1 Å². The quantitative estimate of drug-likeness (QED) is 0.829. The molecule has 1 rings (SSSR count). The fourth-order valence-electron chi connectivity index (χ4n) is 1.43. The monoisotopic (exact) mass is 240 g/mol. The molecule has 0 radical (unpaired) electrons. The highest BCUT2D eigenvalue weighted by Crippen LogP contribution is 2.16. The summed E-state index contributed by atoms with van der Waals surface area (Å²) in [6.07, 6.45) is 2.22. The Bertz CT molecular complexity index is 354. The molecule has 0 aliphatic rings. The summed E-state index contributed by atoms with van der Waals surface area (Å²) in [4.78, 5) is 9.88. The third-order valence-corrected chi connectivity index (χ3v) is 2.46. The van der Waals surface area contributed by atoms with Gasteiger partial charge in [0.2, 0.25) is 5.95 Å². The lowest BCUT2D eigenvalue weighted by atomic mass is 10.1. The van der Waals surface area contributed by atoms with E-state index in [0.29, 0.717) is 17.7 Å². The van der Waals surface area contributed by atoms with E-state index in [0.717, 1.165) is 19.5 Å². The molecule has 1 N–H and O–H groups in total. The van der Waals surface area contributed by atoms with Crippen LogP contribution in [0.2, 0.25) is 0 Å². The average molecular weight is 240 g/mol. The Labute approximate surface area is 102 Å². The maximum Gasteiger partial charge on any atom is 0.224 e. The third-order valence-electron chi connectivity index (χ3n) is 2.46. The molecule has 0 unspecified atom stereocenters. The molecule has 0 amide bonds. The number of nitrogens with zero attached hydrogens (tertiary/aromatic N) is 3. The maximum absolute atomic E-state index is 13.6. The predicted molar refractivity (Wildman–Crippen MR) is 68.9 cm³/mol. The lowest BCUT2D eigenvalue weighted by molar-refractivity contribution is 0.568. The summed E-state index contributed by atoms with van der Waals surface area (Å²) in [6, 6.07) is 0. The molecule has 17 heavy (non-hydrogen) atoms. The van der Waals surface area contributed by atoms with E-state index in [4.69, 9.17) is 0 Å². The van der Waals surface area contributed by atoms with Crippen molar-refractivity contribution in [3.05, 3.63) is 12.0 Å². The van der Waals surface area contributed by atoms with Crippen LogP contribution in [-0.2, 0) is 0 Å². The Balaban J connectivity index is 2.76. The van der Waals surface area contributed by atoms with Gasteiger partial charge in [-0.15, -0.1) is 0 Å². The van der Waals surface area contributed by atoms with Gasteiger partial charge in [-0.3, -0.25) is 0 Å². The molecule has 0 saturated carbocycles. The summed E-state index contributed by atoms with van der Waals surface area (Å²) in [7, 11) is 1.85. The number of anilines is 2. The van der Waals surface area contributed by atoms with Crippen LogP contribution in [0.4, 0.5) is 16.2 Å². The SMILES string of the molecule is CCNc1ncc(F)c(N(C)CCC(C)C)n1. The number of rotatable bonds is 6. The molecule has 1 aromatic rings. The summed E-state index contributed by atoms with van der Waals surface area (Å²) in [6.45, 7) is 7.76. The van der Waals surface area contributed by atoms with Gasteiger partial charge >= 0.3 is 0 Å². The summed E-state index contributed by atoms with van der Waals surface area (Å²) >= 11 is 0. The molecule has 0 atom stereocenters. The highest BCUT2D eigenvalue weighted by atomic mass is 19.1. The topological polar surface area (TPSA) is 41.1 Å². The van der Waals surface area contributed by atoms with Gasteiger partial charge in [0.1, 0.15) is 0 Å². The van der Waals surface area contributed by atoms with E-state index >= 15 is 0 Å². The summed E-state index contributed by atoms with van der Waals surface area (Å²) in [5.41, 5.74) is 0. The number of halogens is 1. The fourth-order valence-corrected chi connectivity index (χ4v) is 1.43. The molecule has 1 heterocycles. The van der Waals surface area contributed by atoms with Crippen molar-refractivity contribution in [2.24, 2.45) is 5.92 Å². The first-order valence-electron chi connectivity index (χ1n) is 6.02. The van der Waals surface area contributed by atoms with Gasteiger partial charge in [-0.05, 0) is 19.3 Å². The summed E-state index contributed by atoms with van der Waals surface area (Å²) in [5, 5.41) is 2.98. The highest BCUT2D eigenvalue weighted by Gasteiger charge is 2.11. The Hall–Kier alpha value is -1.39. The average Bonchev–Trinajstić information content (AvgIpc) is 2.29. The Morgan fingerprint density at radius 2 is 2.18 bits per heavy atom. The molecule has 0 aliphatic carbocycles. The molecule has 96 valence electrons. The third kappa shape index (κ3) is 4.17. The first kappa shape index (κ1) is 13.7. The van der Waals surface area contributed by atoms with Crippen molar-refractivity contribution in [3.8, 4) is 0 Å². The van der Waals surface area contributed by atoms with Crippen molar-refractivity contribution >= 4 is 11.8 Å². The molecule has 0 fully saturated rings. The van der Waals surface area contributed by atoms with Crippen molar-refractivity contribution in [1.82, 2.24) is 9.97 Å². The second kappa shape index (κ2) is 6.37. The molecule has 4 nitrogen and oxygen atoms in total. The fraction of sp³-hybridized carbons (Fsp3) is 0.667. The normalized spacial score (nSPS) is 10.7. The van der Waals surface area contributed by atoms with Gasteiger partial charge in [-0.2, -0.15) is 4.98 Å². The zero-order valence-electron chi connectivity index (χ0n) is 11.0. The first-order valence-corrected chi connectivity index (χ1v) is 6.02. The van der Waals surface area contributed by atoms with Crippen molar-refractivity contribution in [3.63, 3.8) is 0 Å². The van der Waals surface area contributed by atoms with E-state index in [1.165, 1.54) is 6.20 Å². The van der Waals surface area contributed by atoms with Gasteiger partial charge in [0, 0.05) is 20.1 Å². The van der Waals surface area contributed by atoms with Gasteiger partial charge in [0.05, 0.1) is 6.20 Å². The lowest BCUT2D eigenvalue weighted by Gasteiger charge is -2.20. The van der Waals surface area contributed by atoms with Crippen LogP contribution >= 0.6 is 0 Å². The summed E-state index contributed by atoms with van der Waals surface area (Å²) in [5.74, 6) is 1.05. The predicted octanol–water partition coefficient (Wildman–Crippen LogP) is 2.53. The number of aromatic nitrogens is 2. The number of hydrogen-bond donors (Lipinski definition) is 1. The van der Waals surface area contributed by atoms with Crippen LogP contribution < -0.4 is 10.2 Å². The lowest BCUT2D eigenvalue weighted by Crippen LogP contribution is -2.23. The molecule has 5 heteroatoms. The van der Waals surface area contributed by atoms with Crippen LogP contribution in [0.25, 0.3) is 0 Å². The van der Waals surface area contributed by atoms with Crippen LogP contribution in [-0.4, -0.2) is 30.1 Å². The van der Waals surface area contributed by atoms with Gasteiger partial charge in [0.25, 0.3) is 0 Å². The second-order valence-electron chi connectivity index (χ2n) is 4.50. The minimum absolute atomic E-state index is 0.358. The Morgan fingerprint density at radius 3 is 2.76 bits per heavy atom. The minimum atomic E-state index is -0.377. The van der Waals surface area contributed by atoms with Crippen molar-refractivity contribution in [1.29, 1.82) is 0 Å².